The van der Waals surface area contributed by atoms with Gasteiger partial charge in [0.1, 0.15) is 0 Å². The number of hydrogen-bond donors (Lipinski definition) is 0. The highest BCUT2D eigenvalue weighted by molar-refractivity contribution is 5.00. The molecule has 0 heteroatoms. The van der Waals surface area contributed by atoms with Crippen molar-refractivity contribution in [1.29, 1.82) is 0 Å². The Hall–Kier alpha value is -0.260. The topological polar surface area (TPSA) is 0 Å². The molecule has 83 valence electrons. The summed E-state index contributed by atoms with van der Waals surface area (Å²) in [5, 5.41) is 0. The van der Waals surface area contributed by atoms with Crippen molar-refractivity contribution in [2.75, 3.05) is 0 Å². The zero-order chi connectivity index (χ0) is 10.6. The number of hydrogen-bond acceptors (Lipinski definition) is 0. The Bertz CT molecular complexity index is 129. The molecule has 14 heavy (non-hydrogen) atoms. The van der Waals surface area contributed by atoms with Crippen LogP contribution in [0.3, 0.4) is 0 Å². The maximum Gasteiger partial charge on any atom is -0.0286 e. The highest BCUT2D eigenvalue weighted by atomic mass is 14.0. The quantitative estimate of drug-likeness (QED) is 0.438. The molecule has 0 saturated heterocycles. The molecule has 0 rings (SSSR count). The monoisotopic (exact) mass is 195 g/mol. The van der Waals surface area contributed by atoms with E-state index in [1.807, 2.05) is 0 Å². The van der Waals surface area contributed by atoms with Gasteiger partial charge in [-0.05, 0) is 26.7 Å². The van der Waals surface area contributed by atoms with Gasteiger partial charge >= 0.3 is 0 Å². The normalized spacial score (nSPS) is 12.1. The highest BCUT2D eigenvalue weighted by Gasteiger charge is 1.90. The molecule has 0 spiro atoms. The first-order valence-electron chi connectivity index (χ1n) is 6.26. The van der Waals surface area contributed by atoms with Crippen LogP contribution in [-0.4, -0.2) is 0 Å². The summed E-state index contributed by atoms with van der Waals surface area (Å²) >= 11 is 0. The first-order valence-corrected chi connectivity index (χ1v) is 6.26. The lowest BCUT2D eigenvalue weighted by molar-refractivity contribution is 0.577. The zero-order valence-electron chi connectivity index (χ0n) is 10.1. The molecule has 0 amide bonds. The van der Waals surface area contributed by atoms with E-state index in [0.29, 0.717) is 0 Å². The van der Waals surface area contributed by atoms with Gasteiger partial charge in [0.2, 0.25) is 0 Å². The third-order valence-electron chi connectivity index (χ3n) is 2.55. The van der Waals surface area contributed by atoms with Gasteiger partial charge in [-0.2, -0.15) is 0 Å². The molecule has 0 bridgehead atoms. The molecule has 0 aromatic rings. The van der Waals surface area contributed by atoms with Crippen molar-refractivity contribution in [3.63, 3.8) is 0 Å². The van der Waals surface area contributed by atoms with Crippen LogP contribution in [0.1, 0.15) is 71.6 Å². The average Bonchev–Trinajstić information content (AvgIpc) is 2.15. The molecule has 0 N–H and O–H groups in total. The van der Waals surface area contributed by atoms with Crippen LogP contribution in [0.2, 0.25) is 0 Å². The van der Waals surface area contributed by atoms with Gasteiger partial charge in [-0.25, -0.2) is 0 Å². The van der Waals surface area contributed by atoms with Crippen LogP contribution >= 0.6 is 0 Å². The van der Waals surface area contributed by atoms with E-state index >= 15 is 0 Å². The summed E-state index contributed by atoms with van der Waals surface area (Å²) in [6.45, 7) is 8.21. The first-order chi connectivity index (χ1) is 6.77. The Morgan fingerprint density at radius 1 is 0.929 bits per heavy atom. The van der Waals surface area contributed by atoms with Crippen molar-refractivity contribution in [1.82, 2.24) is 0 Å². The van der Waals surface area contributed by atoms with Crippen LogP contribution in [0, 0.1) is 6.92 Å². The minimum Gasteiger partial charge on any atom is -0.0856 e. The standard InChI is InChI=1S/C14H27/c1-4-5-6-7-8-9-10-11-12-13-14(2)3/h13H,2,4-12H2,1,3H3. The van der Waals surface area contributed by atoms with Gasteiger partial charge in [-0.3, -0.25) is 0 Å². The van der Waals surface area contributed by atoms with Crippen LogP contribution in [0.4, 0.5) is 0 Å². The second-order valence-corrected chi connectivity index (χ2v) is 4.31. The molecule has 0 aromatic carbocycles. The zero-order valence-corrected chi connectivity index (χ0v) is 10.1. The SMILES string of the molecule is [CH2]C(C)=CCCCCCCCCCC. The molecule has 0 atom stereocenters. The van der Waals surface area contributed by atoms with E-state index in [0.717, 1.165) is 0 Å². The molecule has 0 aliphatic heterocycles. The number of rotatable bonds is 9. The molecule has 0 saturated carbocycles. The van der Waals surface area contributed by atoms with Crippen molar-refractivity contribution < 1.29 is 0 Å². The van der Waals surface area contributed by atoms with Gasteiger partial charge in [0.15, 0.2) is 0 Å². The number of unbranched alkanes of at least 4 members (excludes halogenated alkanes) is 8. The molecule has 0 aromatic heterocycles. The second kappa shape index (κ2) is 10.8. The summed E-state index contributed by atoms with van der Waals surface area (Å²) in [6, 6.07) is 0. The third-order valence-corrected chi connectivity index (χ3v) is 2.55. The smallest absolute Gasteiger partial charge is 0.0286 e. The van der Waals surface area contributed by atoms with Crippen LogP contribution < -0.4 is 0 Å². The van der Waals surface area contributed by atoms with Gasteiger partial charge in [0.05, 0.1) is 0 Å². The Kier molecular flexibility index (Phi) is 10.6. The summed E-state index contributed by atoms with van der Waals surface area (Å²) in [5.41, 5.74) is 1.22. The fourth-order valence-corrected chi connectivity index (χ4v) is 1.63. The number of allylic oxidation sites excluding steroid dienone is 2. The minimum atomic E-state index is 1.22. The van der Waals surface area contributed by atoms with E-state index in [-0.39, 0.29) is 0 Å². The van der Waals surface area contributed by atoms with Gasteiger partial charge < -0.3 is 0 Å². The van der Waals surface area contributed by atoms with Gasteiger partial charge in [0, 0.05) is 0 Å². The largest absolute Gasteiger partial charge is 0.0856 e. The molecule has 0 aliphatic carbocycles. The minimum absolute atomic E-state index is 1.22. The molecular formula is C14H27. The second-order valence-electron chi connectivity index (χ2n) is 4.31. The van der Waals surface area contributed by atoms with E-state index in [4.69, 9.17) is 0 Å². The van der Waals surface area contributed by atoms with E-state index in [2.05, 4.69) is 26.8 Å². The predicted molar refractivity (Wildman–Crippen MR) is 66.3 cm³/mol. The third kappa shape index (κ3) is 11.7. The molecule has 0 heterocycles. The first kappa shape index (κ1) is 13.7. The molecule has 0 fully saturated rings. The molecular weight excluding hydrogens is 168 g/mol. The van der Waals surface area contributed by atoms with Crippen LogP contribution in [0.5, 0.6) is 0 Å². The predicted octanol–water partition coefficient (Wildman–Crippen LogP) is 5.30. The Morgan fingerprint density at radius 2 is 1.43 bits per heavy atom. The average molecular weight is 195 g/mol. The van der Waals surface area contributed by atoms with Crippen molar-refractivity contribution in [2.24, 2.45) is 0 Å². The fourth-order valence-electron chi connectivity index (χ4n) is 1.63. The lowest BCUT2D eigenvalue weighted by Gasteiger charge is -2.00. The summed E-state index contributed by atoms with van der Waals surface area (Å²) in [4.78, 5) is 0. The van der Waals surface area contributed by atoms with Crippen molar-refractivity contribution >= 4 is 0 Å². The lowest BCUT2D eigenvalue weighted by atomic mass is 10.1. The van der Waals surface area contributed by atoms with Gasteiger partial charge in [-0.1, -0.05) is 63.5 Å². The van der Waals surface area contributed by atoms with Gasteiger partial charge in [-0.15, -0.1) is 0 Å². The van der Waals surface area contributed by atoms with Crippen molar-refractivity contribution in [3.05, 3.63) is 18.6 Å². The van der Waals surface area contributed by atoms with Crippen molar-refractivity contribution in [2.45, 2.75) is 71.6 Å². The van der Waals surface area contributed by atoms with Crippen LogP contribution in [-0.2, 0) is 0 Å². The van der Waals surface area contributed by atoms with Gasteiger partial charge in [0.25, 0.3) is 0 Å². The van der Waals surface area contributed by atoms with Crippen molar-refractivity contribution in [3.8, 4) is 0 Å². The van der Waals surface area contributed by atoms with E-state index in [1.54, 1.807) is 0 Å². The fraction of sp³-hybridized carbons (Fsp3) is 0.786. The summed E-state index contributed by atoms with van der Waals surface area (Å²) in [7, 11) is 0. The summed E-state index contributed by atoms with van der Waals surface area (Å²) in [6.07, 6.45) is 14.7. The van der Waals surface area contributed by atoms with Crippen LogP contribution in [0.25, 0.3) is 0 Å². The van der Waals surface area contributed by atoms with E-state index in [1.165, 1.54) is 63.4 Å². The lowest BCUT2D eigenvalue weighted by Crippen LogP contribution is -1.80. The maximum atomic E-state index is 3.87. The van der Waals surface area contributed by atoms with E-state index < -0.39 is 0 Å². The molecule has 0 nitrogen and oxygen atoms in total. The Labute approximate surface area is 90.8 Å². The maximum absolute atomic E-state index is 3.87. The highest BCUT2D eigenvalue weighted by Crippen LogP contribution is 2.10. The molecule has 1 radical (unpaired) electrons. The Morgan fingerprint density at radius 3 is 1.93 bits per heavy atom. The summed E-state index contributed by atoms with van der Waals surface area (Å²) < 4.78 is 0. The Balaban J connectivity index is 2.96. The summed E-state index contributed by atoms with van der Waals surface area (Å²) in [5.74, 6) is 0. The van der Waals surface area contributed by atoms with E-state index in [9.17, 15) is 0 Å². The molecule has 0 aliphatic rings. The molecule has 0 unspecified atom stereocenters. The van der Waals surface area contributed by atoms with Crippen LogP contribution in [0.15, 0.2) is 11.6 Å².